The molecule has 0 radical (unpaired) electrons. The zero-order valence-electron chi connectivity index (χ0n) is 29.9. The molecule has 3 aromatic carbocycles. The Morgan fingerprint density at radius 1 is 0.941 bits per heavy atom. The van der Waals surface area contributed by atoms with Crippen LogP contribution < -0.4 is 14.5 Å². The average Bonchev–Trinajstić information content (AvgIpc) is 3.83. The highest BCUT2D eigenvalue weighted by molar-refractivity contribution is 5.97. The number of nitriles is 1. The fourth-order valence-corrected chi connectivity index (χ4v) is 8.43. The van der Waals surface area contributed by atoms with Crippen LogP contribution in [0.1, 0.15) is 41.6 Å². The average molecular weight is 685 g/mol. The lowest BCUT2D eigenvalue weighted by Crippen LogP contribution is -2.57. The highest BCUT2D eigenvalue weighted by Gasteiger charge is 2.45. The van der Waals surface area contributed by atoms with Gasteiger partial charge in [-0.2, -0.15) is 15.2 Å². The fourth-order valence-electron chi connectivity index (χ4n) is 8.43. The van der Waals surface area contributed by atoms with E-state index >= 15 is 0 Å². The minimum Gasteiger partial charge on any atom is -0.462 e. The molecule has 0 bridgehead atoms. The number of ether oxygens (including phenoxy) is 1. The number of hydrogen-bond acceptors (Lipinski definition) is 9. The number of piperazine rings is 1. The van der Waals surface area contributed by atoms with E-state index in [9.17, 15) is 10.1 Å². The topological polar surface area (TPSA) is 91.8 Å². The molecule has 3 fully saturated rings. The van der Waals surface area contributed by atoms with E-state index in [-0.39, 0.29) is 24.4 Å². The molecule has 0 spiro atoms. The molecule has 0 N–H and O–H groups in total. The van der Waals surface area contributed by atoms with Gasteiger partial charge < -0.3 is 24.3 Å². The summed E-state index contributed by atoms with van der Waals surface area (Å²) in [6.07, 6.45) is 4.31. The van der Waals surface area contributed by atoms with Gasteiger partial charge in [0.15, 0.2) is 0 Å². The first-order valence-corrected chi connectivity index (χ1v) is 18.6. The number of carbonyl (C=O) groups excluding carboxylic acids is 1. The maximum Gasteiger partial charge on any atom is 0.318 e. The summed E-state index contributed by atoms with van der Waals surface area (Å²) in [6.45, 7) is 8.78. The van der Waals surface area contributed by atoms with E-state index in [4.69, 9.17) is 14.7 Å². The minimum atomic E-state index is -0.200. The van der Waals surface area contributed by atoms with Gasteiger partial charge >= 0.3 is 6.01 Å². The van der Waals surface area contributed by atoms with Crippen LogP contribution in [-0.2, 0) is 24.2 Å². The molecule has 4 aliphatic rings. The summed E-state index contributed by atoms with van der Waals surface area (Å²) in [4.78, 5) is 35.3. The number of aromatic nitrogens is 2. The number of amides is 1. The Hall–Kier alpha value is -4.72. The van der Waals surface area contributed by atoms with Crippen LogP contribution >= 0.6 is 0 Å². The molecule has 1 amide bonds. The maximum atomic E-state index is 13.8. The lowest BCUT2D eigenvalue weighted by atomic mass is 9.99. The van der Waals surface area contributed by atoms with Gasteiger partial charge in [0.2, 0.25) is 5.91 Å². The fraction of sp³-hybridized carbons (Fsp3) is 0.463. The van der Waals surface area contributed by atoms with E-state index in [0.29, 0.717) is 44.8 Å². The Labute approximate surface area is 301 Å². The van der Waals surface area contributed by atoms with Gasteiger partial charge in [0.25, 0.3) is 0 Å². The second kappa shape index (κ2) is 14.5. The van der Waals surface area contributed by atoms with E-state index < -0.39 is 0 Å². The molecule has 4 aromatic rings. The van der Waals surface area contributed by atoms with E-state index in [1.54, 1.807) is 0 Å². The Morgan fingerprint density at radius 3 is 2.59 bits per heavy atom. The number of fused-ring (bicyclic) bond motifs is 2. The van der Waals surface area contributed by atoms with Crippen molar-refractivity contribution in [3.8, 4) is 12.1 Å². The molecule has 10 heteroatoms. The second-order valence-corrected chi connectivity index (χ2v) is 14.7. The van der Waals surface area contributed by atoms with Gasteiger partial charge in [0.1, 0.15) is 18.5 Å². The highest BCUT2D eigenvalue weighted by atomic mass is 16.5. The molecule has 51 heavy (non-hydrogen) atoms. The number of benzene rings is 3. The molecule has 3 saturated heterocycles. The largest absolute Gasteiger partial charge is 0.462 e. The van der Waals surface area contributed by atoms with Crippen LogP contribution in [0.3, 0.4) is 0 Å². The SMILES string of the molecule is Cc1cccc2cccc(N3CCc4c(nc(OC[C@@H]5CCCN5C)nc4N4CCN(C(=O)C5CN5CCc5ccccc5)[C@@H](CC#N)C4)C3)c12. The number of anilines is 2. The van der Waals surface area contributed by atoms with E-state index in [1.165, 1.54) is 34.0 Å². The standard InChI is InChI=1S/C41H48N8O2/c1-29-9-6-12-31-13-7-15-36(38(29)31)46-22-18-34-35(26-46)43-41(51-28-33-14-8-20-45(33)2)44-39(34)48-23-24-49(32(25-48)16-19-42)40(50)37-27-47(37)21-17-30-10-4-3-5-11-30/h3-7,9-13,15,32-33,37H,8,14,16-18,20-28H2,1-2H3/t32-,33-,37?,47?/m0/s1. The minimum absolute atomic E-state index is 0.0920. The monoisotopic (exact) mass is 684 g/mol. The predicted molar refractivity (Wildman–Crippen MR) is 200 cm³/mol. The normalized spacial score (nSPS) is 23.3. The van der Waals surface area contributed by atoms with Crippen LogP contribution in [0.25, 0.3) is 10.8 Å². The summed E-state index contributed by atoms with van der Waals surface area (Å²) in [6, 6.07) is 26.3. The third-order valence-electron chi connectivity index (χ3n) is 11.5. The Kier molecular flexibility index (Phi) is 9.50. The number of rotatable bonds is 10. The molecule has 264 valence electrons. The van der Waals surface area contributed by atoms with Crippen molar-refractivity contribution in [1.29, 1.82) is 5.26 Å². The van der Waals surface area contributed by atoms with Gasteiger partial charge in [0.05, 0.1) is 30.8 Å². The molecule has 0 aliphatic carbocycles. The van der Waals surface area contributed by atoms with Crippen LogP contribution in [0.2, 0.25) is 0 Å². The smallest absolute Gasteiger partial charge is 0.318 e. The number of carbonyl (C=O) groups is 1. The first-order chi connectivity index (χ1) is 25.0. The zero-order valence-corrected chi connectivity index (χ0v) is 29.9. The molecular formula is C41H48N8O2. The van der Waals surface area contributed by atoms with Crippen molar-refractivity contribution in [2.45, 2.75) is 63.7 Å². The Morgan fingerprint density at radius 2 is 1.78 bits per heavy atom. The molecule has 2 unspecified atom stereocenters. The summed E-state index contributed by atoms with van der Waals surface area (Å²) in [5.41, 5.74) is 5.93. The summed E-state index contributed by atoms with van der Waals surface area (Å²) in [7, 11) is 2.16. The third-order valence-corrected chi connectivity index (χ3v) is 11.5. The quantitative estimate of drug-likeness (QED) is 0.218. The van der Waals surface area contributed by atoms with E-state index in [2.05, 4.69) is 100 Å². The van der Waals surface area contributed by atoms with Gasteiger partial charge in [-0.1, -0.05) is 60.7 Å². The summed E-state index contributed by atoms with van der Waals surface area (Å²) < 4.78 is 6.40. The molecule has 4 atom stereocenters. The van der Waals surface area contributed by atoms with E-state index in [0.717, 1.165) is 62.5 Å². The van der Waals surface area contributed by atoms with Gasteiger partial charge in [-0.25, -0.2) is 0 Å². The van der Waals surface area contributed by atoms with Gasteiger partial charge in [-0.15, -0.1) is 0 Å². The molecule has 5 heterocycles. The second-order valence-electron chi connectivity index (χ2n) is 14.7. The molecule has 10 nitrogen and oxygen atoms in total. The molecule has 0 saturated carbocycles. The van der Waals surface area contributed by atoms with Gasteiger partial charge in [0, 0.05) is 61.9 Å². The molecule has 8 rings (SSSR count). The number of nitrogens with zero attached hydrogens (tertiary/aromatic N) is 8. The number of likely N-dealkylation sites (N-methyl/N-ethyl adjacent to an activating group) is 1. The maximum absolute atomic E-state index is 13.8. The van der Waals surface area contributed by atoms with Crippen molar-refractivity contribution in [3.63, 3.8) is 0 Å². The summed E-state index contributed by atoms with van der Waals surface area (Å²) in [5.74, 6) is 1.05. The van der Waals surface area contributed by atoms with Crippen molar-refractivity contribution in [2.24, 2.45) is 0 Å². The Bertz CT molecular complexity index is 1920. The number of aryl methyl sites for hydroxylation is 1. The van der Waals surface area contributed by atoms with Crippen molar-refractivity contribution >= 4 is 28.2 Å². The summed E-state index contributed by atoms with van der Waals surface area (Å²) >= 11 is 0. The van der Waals surface area contributed by atoms with Gasteiger partial charge in [-0.3, -0.25) is 9.69 Å². The van der Waals surface area contributed by atoms with Crippen molar-refractivity contribution < 1.29 is 9.53 Å². The molecule has 1 aromatic heterocycles. The number of likely N-dealkylation sites (tertiary alicyclic amines) is 1. The van der Waals surface area contributed by atoms with E-state index in [1.807, 2.05) is 11.0 Å². The third kappa shape index (κ3) is 6.97. The van der Waals surface area contributed by atoms with Crippen LogP contribution in [0.5, 0.6) is 6.01 Å². The van der Waals surface area contributed by atoms with Gasteiger partial charge in [-0.05, 0) is 68.8 Å². The van der Waals surface area contributed by atoms with Crippen LogP contribution in [0.15, 0.2) is 66.7 Å². The lowest BCUT2D eigenvalue weighted by Gasteiger charge is -2.42. The van der Waals surface area contributed by atoms with Crippen molar-refractivity contribution in [1.82, 2.24) is 24.7 Å². The first kappa shape index (κ1) is 33.4. The predicted octanol–water partition coefficient (Wildman–Crippen LogP) is 4.83. The highest BCUT2D eigenvalue weighted by Crippen LogP contribution is 2.36. The van der Waals surface area contributed by atoms with Crippen LogP contribution in [0.4, 0.5) is 11.5 Å². The van der Waals surface area contributed by atoms with Crippen LogP contribution in [0, 0.1) is 18.3 Å². The number of hydrogen-bond donors (Lipinski definition) is 0. The molecular weight excluding hydrogens is 637 g/mol. The van der Waals surface area contributed by atoms with Crippen molar-refractivity contribution in [2.75, 3.05) is 69.3 Å². The van der Waals surface area contributed by atoms with Crippen molar-refractivity contribution in [3.05, 3.63) is 89.1 Å². The van der Waals surface area contributed by atoms with Crippen LogP contribution in [-0.4, -0.2) is 108 Å². The lowest BCUT2D eigenvalue weighted by molar-refractivity contribution is -0.134. The Balaban J connectivity index is 1.03. The summed E-state index contributed by atoms with van der Waals surface area (Å²) in [5, 5.41) is 12.4. The zero-order chi connectivity index (χ0) is 34.9. The first-order valence-electron chi connectivity index (χ1n) is 18.6. The molecule has 4 aliphatic heterocycles.